The third kappa shape index (κ3) is 7.47. The molecule has 2 aromatic rings. The van der Waals surface area contributed by atoms with Gasteiger partial charge in [-0.25, -0.2) is 12.8 Å². The zero-order valence-electron chi connectivity index (χ0n) is 16.9. The van der Waals surface area contributed by atoms with Crippen molar-refractivity contribution in [3.05, 3.63) is 59.9 Å². The van der Waals surface area contributed by atoms with Crippen LogP contribution in [0.1, 0.15) is 24.4 Å². The minimum Gasteiger partial charge on any atom is -0.494 e. The summed E-state index contributed by atoms with van der Waals surface area (Å²) >= 11 is 0. The van der Waals surface area contributed by atoms with E-state index in [1.54, 1.807) is 18.2 Å². The monoisotopic (exact) mass is 422 g/mol. The van der Waals surface area contributed by atoms with Gasteiger partial charge in [0.15, 0.2) is 9.84 Å². The van der Waals surface area contributed by atoms with Crippen molar-refractivity contribution in [2.24, 2.45) is 0 Å². The number of ether oxygens (including phenoxy) is 1. The fourth-order valence-corrected chi connectivity index (χ4v) is 3.45. The third-order valence-corrected chi connectivity index (χ3v) is 5.55. The highest BCUT2D eigenvalue weighted by Crippen LogP contribution is 2.18. The number of rotatable bonds is 10. The Balaban J connectivity index is 1.75. The third-order valence-electron chi connectivity index (χ3n) is 4.42. The number of benzene rings is 2. The maximum absolute atomic E-state index is 13.5. The molecule has 0 aliphatic rings. The van der Waals surface area contributed by atoms with E-state index in [-0.39, 0.29) is 22.7 Å². The molecule has 29 heavy (non-hydrogen) atoms. The molecule has 2 rings (SSSR count). The van der Waals surface area contributed by atoms with Crippen LogP contribution in [0, 0.1) is 5.82 Å². The molecule has 158 valence electrons. The van der Waals surface area contributed by atoms with Crippen LogP contribution in [-0.4, -0.2) is 52.7 Å². The van der Waals surface area contributed by atoms with Crippen LogP contribution in [0.15, 0.2) is 53.4 Å². The van der Waals surface area contributed by atoms with Crippen molar-refractivity contribution in [3.8, 4) is 5.75 Å². The van der Waals surface area contributed by atoms with Gasteiger partial charge in [0.25, 0.3) is 0 Å². The number of sulfone groups is 1. The van der Waals surface area contributed by atoms with E-state index in [1.807, 2.05) is 25.1 Å². The molecule has 0 aromatic heterocycles. The largest absolute Gasteiger partial charge is 0.494 e. The molecule has 0 heterocycles. The van der Waals surface area contributed by atoms with Crippen LogP contribution in [0.3, 0.4) is 0 Å². The smallest absolute Gasteiger partial charge is 0.220 e. The molecule has 8 heteroatoms. The molecular formula is C21H27FN2O4S. The molecule has 1 unspecified atom stereocenters. The Bertz CT molecular complexity index is 915. The highest BCUT2D eigenvalue weighted by molar-refractivity contribution is 7.90. The Kier molecular flexibility index (Phi) is 8.16. The molecule has 0 spiro atoms. The molecule has 2 aromatic carbocycles. The number of hydrogen-bond donors (Lipinski definition) is 1. The fraction of sp³-hybridized carbons (Fsp3) is 0.381. The van der Waals surface area contributed by atoms with E-state index in [2.05, 4.69) is 5.32 Å². The minimum atomic E-state index is -3.23. The number of hydrogen-bond acceptors (Lipinski definition) is 5. The zero-order chi connectivity index (χ0) is 21.4. The molecule has 0 aliphatic carbocycles. The Labute approximate surface area is 171 Å². The van der Waals surface area contributed by atoms with Crippen molar-refractivity contribution in [2.45, 2.75) is 23.8 Å². The van der Waals surface area contributed by atoms with Crippen LogP contribution in [0.25, 0.3) is 0 Å². The Hall–Kier alpha value is -2.45. The number of nitrogens with one attached hydrogen (secondary N) is 1. The van der Waals surface area contributed by atoms with Crippen molar-refractivity contribution in [3.63, 3.8) is 0 Å². The molecule has 0 saturated carbocycles. The average molecular weight is 423 g/mol. The number of likely N-dealkylation sites (N-methyl/N-ethyl adjacent to an activating group) is 1. The van der Waals surface area contributed by atoms with Gasteiger partial charge in [-0.15, -0.1) is 0 Å². The van der Waals surface area contributed by atoms with Crippen LogP contribution in [-0.2, 0) is 14.6 Å². The van der Waals surface area contributed by atoms with E-state index in [4.69, 9.17) is 4.74 Å². The molecule has 0 aliphatic heterocycles. The summed E-state index contributed by atoms with van der Waals surface area (Å²) < 4.78 is 41.9. The van der Waals surface area contributed by atoms with E-state index in [0.717, 1.165) is 11.8 Å². The van der Waals surface area contributed by atoms with Crippen molar-refractivity contribution >= 4 is 15.7 Å². The van der Waals surface area contributed by atoms with Gasteiger partial charge in [0.05, 0.1) is 17.5 Å². The molecule has 1 N–H and O–H groups in total. The van der Waals surface area contributed by atoms with Crippen molar-refractivity contribution < 1.29 is 22.3 Å². The summed E-state index contributed by atoms with van der Waals surface area (Å²) in [6.45, 7) is 0.718. The summed E-state index contributed by atoms with van der Waals surface area (Å²) in [5.41, 5.74) is 0.802. The predicted molar refractivity (Wildman–Crippen MR) is 110 cm³/mol. The van der Waals surface area contributed by atoms with Gasteiger partial charge >= 0.3 is 0 Å². The molecule has 0 bridgehead atoms. The first-order valence-electron chi connectivity index (χ1n) is 9.28. The fourth-order valence-electron chi connectivity index (χ4n) is 2.82. The average Bonchev–Trinajstić information content (AvgIpc) is 2.65. The predicted octanol–water partition coefficient (Wildman–Crippen LogP) is 2.81. The van der Waals surface area contributed by atoms with Crippen LogP contribution >= 0.6 is 0 Å². The van der Waals surface area contributed by atoms with E-state index in [9.17, 15) is 17.6 Å². The van der Waals surface area contributed by atoms with Gasteiger partial charge in [-0.3, -0.25) is 4.79 Å². The van der Waals surface area contributed by atoms with Gasteiger partial charge in [-0.2, -0.15) is 0 Å². The second-order valence-corrected chi connectivity index (χ2v) is 9.05. The Morgan fingerprint density at radius 2 is 1.86 bits per heavy atom. The van der Waals surface area contributed by atoms with Gasteiger partial charge in [0, 0.05) is 19.2 Å². The normalized spacial score (nSPS) is 12.6. The number of nitrogens with zero attached hydrogens (tertiary/aromatic N) is 1. The van der Waals surface area contributed by atoms with Crippen molar-refractivity contribution in [1.29, 1.82) is 0 Å². The summed E-state index contributed by atoms with van der Waals surface area (Å²) in [7, 11) is 0.528. The first-order valence-corrected chi connectivity index (χ1v) is 11.2. The molecule has 0 saturated heterocycles. The summed E-state index contributed by atoms with van der Waals surface area (Å²) in [5, 5.41) is 2.88. The molecular weight excluding hydrogens is 395 g/mol. The van der Waals surface area contributed by atoms with Crippen LogP contribution in [0.5, 0.6) is 5.75 Å². The SMILES string of the molecule is CN(C)C(CNC(=O)CCCOc1ccc(S(C)(=O)=O)cc1)c1cccc(F)c1. The van der Waals surface area contributed by atoms with E-state index in [1.165, 1.54) is 24.3 Å². The lowest BCUT2D eigenvalue weighted by molar-refractivity contribution is -0.121. The molecule has 0 radical (unpaired) electrons. The van der Waals surface area contributed by atoms with E-state index >= 15 is 0 Å². The Morgan fingerprint density at radius 1 is 1.17 bits per heavy atom. The topological polar surface area (TPSA) is 75.7 Å². The van der Waals surface area contributed by atoms with Crippen LogP contribution in [0.4, 0.5) is 4.39 Å². The molecule has 0 fully saturated rings. The number of carbonyl (C=O) groups excluding carboxylic acids is 1. The summed E-state index contributed by atoms with van der Waals surface area (Å²) in [6, 6.07) is 12.4. The van der Waals surface area contributed by atoms with Gasteiger partial charge in [0.2, 0.25) is 5.91 Å². The summed E-state index contributed by atoms with van der Waals surface area (Å²) in [5.74, 6) is 0.142. The van der Waals surface area contributed by atoms with E-state index in [0.29, 0.717) is 31.7 Å². The van der Waals surface area contributed by atoms with Crippen LogP contribution in [0.2, 0.25) is 0 Å². The first-order chi connectivity index (χ1) is 13.7. The van der Waals surface area contributed by atoms with E-state index < -0.39 is 9.84 Å². The maximum Gasteiger partial charge on any atom is 0.220 e. The highest BCUT2D eigenvalue weighted by Gasteiger charge is 2.16. The Morgan fingerprint density at radius 3 is 2.45 bits per heavy atom. The second kappa shape index (κ2) is 10.4. The van der Waals surface area contributed by atoms with Gasteiger partial charge in [-0.05, 0) is 62.5 Å². The lowest BCUT2D eigenvalue weighted by Crippen LogP contribution is -2.34. The summed E-state index contributed by atoms with van der Waals surface area (Å²) in [4.78, 5) is 14.3. The van der Waals surface area contributed by atoms with Gasteiger partial charge in [0.1, 0.15) is 11.6 Å². The maximum atomic E-state index is 13.5. The molecule has 1 atom stereocenters. The highest BCUT2D eigenvalue weighted by atomic mass is 32.2. The molecule has 1 amide bonds. The van der Waals surface area contributed by atoms with Crippen molar-refractivity contribution in [2.75, 3.05) is 33.5 Å². The minimum absolute atomic E-state index is 0.107. The van der Waals surface area contributed by atoms with Gasteiger partial charge < -0.3 is 15.0 Å². The number of amides is 1. The molecule has 6 nitrogen and oxygen atoms in total. The number of halogens is 1. The standard InChI is InChI=1S/C21H27FN2O4S/c1-24(2)20(16-6-4-7-17(22)14-16)15-23-21(25)8-5-13-28-18-9-11-19(12-10-18)29(3,26)27/h4,6-7,9-12,14,20H,5,8,13,15H2,1-3H3,(H,23,25). The zero-order valence-corrected chi connectivity index (χ0v) is 17.7. The first kappa shape index (κ1) is 22.8. The summed E-state index contributed by atoms with van der Waals surface area (Å²) in [6.07, 6.45) is 1.97. The van der Waals surface area contributed by atoms with Gasteiger partial charge in [-0.1, -0.05) is 12.1 Å². The van der Waals surface area contributed by atoms with Crippen molar-refractivity contribution in [1.82, 2.24) is 10.2 Å². The number of carbonyl (C=O) groups is 1. The lowest BCUT2D eigenvalue weighted by atomic mass is 10.1. The lowest BCUT2D eigenvalue weighted by Gasteiger charge is -2.25. The van der Waals surface area contributed by atoms with Crippen LogP contribution < -0.4 is 10.1 Å². The second-order valence-electron chi connectivity index (χ2n) is 7.03. The quantitative estimate of drug-likeness (QED) is 0.596.